The number of rotatable bonds is 16. The Morgan fingerprint density at radius 1 is 0.889 bits per heavy atom. The normalized spacial score (nSPS) is 17.9. The average molecular weight is 939 g/mol. The minimum absolute atomic E-state index is 0.0443. The van der Waals surface area contributed by atoms with Crippen LogP contribution in [0.3, 0.4) is 0 Å². The van der Waals surface area contributed by atoms with E-state index in [4.69, 9.17) is 51.1 Å². The number of ether oxygens (including phenoxy) is 1. The molecule has 63 heavy (non-hydrogen) atoms. The summed E-state index contributed by atoms with van der Waals surface area (Å²) in [6.07, 6.45) is 7.96. The number of likely N-dealkylation sites (N-methyl/N-ethyl adjacent to an activating group) is 1. The number of nitrogens with one attached hydrogen (secondary N) is 1. The number of hydrogen-bond acceptors (Lipinski definition) is 7. The van der Waals surface area contributed by atoms with Crippen LogP contribution in [0.2, 0.25) is 20.1 Å². The van der Waals surface area contributed by atoms with Gasteiger partial charge in [0.05, 0.1) is 28.5 Å². The van der Waals surface area contributed by atoms with Crippen molar-refractivity contribution in [3.05, 3.63) is 152 Å². The second-order valence-corrected chi connectivity index (χ2v) is 17.9. The highest BCUT2D eigenvalue weighted by Crippen LogP contribution is 2.56. The van der Waals surface area contributed by atoms with E-state index >= 15 is 0 Å². The quantitative estimate of drug-likeness (QED) is 0.105. The van der Waals surface area contributed by atoms with Gasteiger partial charge in [0.25, 0.3) is 0 Å². The van der Waals surface area contributed by atoms with Crippen LogP contribution in [-0.4, -0.2) is 94.9 Å². The molecule has 4 aromatic carbocycles. The monoisotopic (exact) mass is 936 g/mol. The number of ketones is 1. The molecule has 7 rings (SSSR count). The molecule has 0 spiro atoms. The van der Waals surface area contributed by atoms with Crippen LogP contribution in [-0.2, 0) is 27.1 Å². The molecule has 1 N–H and O–H groups in total. The molecule has 1 saturated heterocycles. The summed E-state index contributed by atoms with van der Waals surface area (Å²) in [7, 11) is 1.82. The van der Waals surface area contributed by atoms with E-state index in [1.807, 2.05) is 56.4 Å². The number of carbonyl (C=O) groups excluding carboxylic acids is 3. The first-order valence-electron chi connectivity index (χ1n) is 21.1. The summed E-state index contributed by atoms with van der Waals surface area (Å²) < 4.78 is 20.9. The van der Waals surface area contributed by atoms with Crippen LogP contribution in [0.1, 0.15) is 56.2 Å². The predicted molar refractivity (Wildman–Crippen MR) is 248 cm³/mol. The number of hydrogen-bond donors (Lipinski definition) is 1. The van der Waals surface area contributed by atoms with Crippen molar-refractivity contribution in [2.75, 3.05) is 52.9 Å². The highest BCUT2D eigenvalue weighted by atomic mass is 35.5. The Kier molecular flexibility index (Phi) is 16.7. The summed E-state index contributed by atoms with van der Waals surface area (Å²) in [6.45, 7) is 8.17. The van der Waals surface area contributed by atoms with Gasteiger partial charge in [0.1, 0.15) is 24.5 Å². The first-order valence-corrected chi connectivity index (χ1v) is 22.6. The fourth-order valence-electron chi connectivity index (χ4n) is 8.41. The van der Waals surface area contributed by atoms with E-state index in [9.17, 15) is 18.8 Å². The molecule has 1 aliphatic carbocycles. The minimum Gasteiger partial charge on any atom is -0.489 e. The number of halogens is 5. The summed E-state index contributed by atoms with van der Waals surface area (Å²) in [5.74, 6) is 0.360. The van der Waals surface area contributed by atoms with E-state index in [0.717, 1.165) is 56.4 Å². The number of aromatic nitrogens is 2. The zero-order chi connectivity index (χ0) is 45.1. The first kappa shape index (κ1) is 48.0. The topological polar surface area (TPSA) is 100 Å². The van der Waals surface area contributed by atoms with Gasteiger partial charge in [0.2, 0.25) is 5.91 Å². The van der Waals surface area contributed by atoms with Crippen LogP contribution in [0, 0.1) is 11.7 Å². The Labute approximate surface area is 389 Å². The van der Waals surface area contributed by atoms with Gasteiger partial charge in [-0.15, -0.1) is 0 Å². The van der Waals surface area contributed by atoms with Gasteiger partial charge < -0.3 is 24.8 Å². The molecule has 10 nitrogen and oxygen atoms in total. The molecule has 0 bridgehead atoms. The van der Waals surface area contributed by atoms with Crippen molar-refractivity contribution in [2.45, 2.75) is 57.0 Å². The van der Waals surface area contributed by atoms with Gasteiger partial charge in [0, 0.05) is 67.7 Å². The maximum Gasteiger partial charge on any atom is 0.329 e. The molecule has 2 atom stereocenters. The van der Waals surface area contributed by atoms with Crippen molar-refractivity contribution >= 4 is 64.1 Å². The lowest BCUT2D eigenvalue weighted by molar-refractivity contribution is -0.133. The highest BCUT2D eigenvalue weighted by molar-refractivity contribution is 6.40. The van der Waals surface area contributed by atoms with E-state index < -0.39 is 5.41 Å². The van der Waals surface area contributed by atoms with Gasteiger partial charge in [-0.3, -0.25) is 14.2 Å². The number of piperidine rings is 1. The van der Waals surface area contributed by atoms with Crippen molar-refractivity contribution < 1.29 is 23.5 Å². The van der Waals surface area contributed by atoms with Gasteiger partial charge >= 0.3 is 6.03 Å². The van der Waals surface area contributed by atoms with Crippen LogP contribution >= 0.6 is 46.4 Å². The third-order valence-corrected chi connectivity index (χ3v) is 13.0. The van der Waals surface area contributed by atoms with Crippen LogP contribution in [0.25, 0.3) is 0 Å². The maximum absolute atomic E-state index is 14.0. The van der Waals surface area contributed by atoms with Gasteiger partial charge in [-0.1, -0.05) is 114 Å². The third-order valence-electron chi connectivity index (χ3n) is 11.8. The molecule has 5 aromatic rings. The number of nitrogens with zero attached hydrogens (tertiary/aromatic N) is 5. The van der Waals surface area contributed by atoms with E-state index in [-0.39, 0.29) is 41.6 Å². The summed E-state index contributed by atoms with van der Waals surface area (Å²) in [5.41, 5.74) is 2.06. The van der Waals surface area contributed by atoms with Gasteiger partial charge in [0.15, 0.2) is 5.75 Å². The molecule has 334 valence electrons. The summed E-state index contributed by atoms with van der Waals surface area (Å²) >= 11 is 24.4. The zero-order valence-corrected chi connectivity index (χ0v) is 38.7. The Morgan fingerprint density at radius 2 is 1.56 bits per heavy atom. The van der Waals surface area contributed by atoms with E-state index in [0.29, 0.717) is 52.0 Å². The van der Waals surface area contributed by atoms with Crippen LogP contribution < -0.4 is 10.1 Å². The molecule has 15 heteroatoms. The smallest absolute Gasteiger partial charge is 0.329 e. The molecular weight excluding hydrogens is 885 g/mol. The largest absolute Gasteiger partial charge is 0.489 e. The van der Waals surface area contributed by atoms with Crippen molar-refractivity contribution in [3.63, 3.8) is 0 Å². The van der Waals surface area contributed by atoms with Gasteiger partial charge in [-0.05, 0) is 85.5 Å². The van der Waals surface area contributed by atoms with Crippen molar-refractivity contribution in [3.8, 4) is 5.75 Å². The Morgan fingerprint density at radius 3 is 2.17 bits per heavy atom. The fourth-order valence-corrected chi connectivity index (χ4v) is 9.53. The molecule has 1 saturated carbocycles. The summed E-state index contributed by atoms with van der Waals surface area (Å²) in [5, 5.41) is 5.32. The Balaban J connectivity index is 0.000000244. The molecule has 2 fully saturated rings. The summed E-state index contributed by atoms with van der Waals surface area (Å²) in [4.78, 5) is 48.0. The number of likely N-dealkylation sites (tertiary alicyclic amines) is 1. The first-order chi connectivity index (χ1) is 30.3. The fraction of sp³-hybridized carbons (Fsp3) is 0.375. The second kappa shape index (κ2) is 21.9. The van der Waals surface area contributed by atoms with Crippen LogP contribution in [0.15, 0.2) is 110 Å². The van der Waals surface area contributed by atoms with Gasteiger partial charge in [-0.2, -0.15) is 0 Å². The molecule has 2 aliphatic rings. The Hall–Kier alpha value is -4.49. The van der Waals surface area contributed by atoms with E-state index in [1.165, 1.54) is 28.6 Å². The van der Waals surface area contributed by atoms with E-state index in [1.54, 1.807) is 53.4 Å². The Bertz CT molecular complexity index is 2290. The standard InChI is InChI=1S/C33H37ClFN3O2.C15H16Cl3N3O2/c1-24(39)21-36-32(26-9-4-3-5-10-26)16-18-38(19-17-32)23-28-20-33(28,27-12-14-29(35)15-13-27)31(40)37(2)22-25-8-6-7-11-30(25)34;1-2-4-20(15(22)21-5-3-19-10-21)6-7-23-14-12(17)8-11(16)9-13(14)18/h3-15,28,36H,16-23H2,1-2H3;3,5,8-10H,2,4,6-7H2,1H3/t28-,33+;/m0./s1. The van der Waals surface area contributed by atoms with Crippen LogP contribution in [0.4, 0.5) is 9.18 Å². The molecule has 1 aliphatic heterocycles. The number of Topliss-reactive ketones (excluding diaryl/α,β-unsaturated/α-hetero) is 1. The molecule has 0 radical (unpaired) electrons. The zero-order valence-electron chi connectivity index (χ0n) is 35.7. The number of benzene rings is 4. The molecule has 2 heterocycles. The lowest BCUT2D eigenvalue weighted by Crippen LogP contribution is -2.52. The molecule has 2 amide bonds. The minimum atomic E-state index is -0.676. The second-order valence-electron chi connectivity index (χ2n) is 16.2. The third kappa shape index (κ3) is 12.0. The average Bonchev–Trinajstić information content (AvgIpc) is 3.70. The lowest BCUT2D eigenvalue weighted by Gasteiger charge is -2.43. The number of imidazole rings is 1. The summed E-state index contributed by atoms with van der Waals surface area (Å²) in [6, 6.07) is 27.3. The molecular formula is C48H53Cl4FN6O4. The number of amides is 2. The van der Waals surface area contributed by atoms with E-state index in [2.05, 4.69) is 27.3 Å². The molecule has 0 unspecified atom stereocenters. The van der Waals surface area contributed by atoms with Crippen molar-refractivity contribution in [2.24, 2.45) is 5.92 Å². The molecule has 1 aromatic heterocycles. The maximum atomic E-state index is 14.0. The SMILES string of the molecule is CC(=O)CNC1(c2ccccc2)CCN(C[C@@H]2C[C@@]2(C(=O)N(C)Cc2ccccc2Cl)c2ccc(F)cc2)CC1.CCCN(CCOc1c(Cl)cc(Cl)cc1Cl)C(=O)n1ccnc1. The van der Waals surface area contributed by atoms with Crippen molar-refractivity contribution in [1.29, 1.82) is 0 Å². The van der Waals surface area contributed by atoms with Crippen molar-refractivity contribution in [1.82, 2.24) is 29.6 Å². The predicted octanol–water partition coefficient (Wildman–Crippen LogP) is 10.2. The van der Waals surface area contributed by atoms with Crippen LogP contribution in [0.5, 0.6) is 5.75 Å². The van der Waals surface area contributed by atoms with Gasteiger partial charge in [-0.25, -0.2) is 14.2 Å². The lowest BCUT2D eigenvalue weighted by atomic mass is 9.80. The number of carbonyl (C=O) groups is 3. The highest BCUT2D eigenvalue weighted by Gasteiger charge is 2.62.